The molecule has 148 valence electrons. The number of ether oxygens (including phenoxy) is 2. The molecule has 0 unspecified atom stereocenters. The Balaban J connectivity index is 1.61. The van der Waals surface area contributed by atoms with Gasteiger partial charge in [-0.1, -0.05) is 18.2 Å². The fourth-order valence-corrected chi connectivity index (χ4v) is 2.89. The van der Waals surface area contributed by atoms with Gasteiger partial charge in [0.15, 0.2) is 6.10 Å². The second-order valence-corrected chi connectivity index (χ2v) is 6.65. The maximum atomic E-state index is 12.5. The van der Waals surface area contributed by atoms with Gasteiger partial charge in [0.2, 0.25) is 5.78 Å². The van der Waals surface area contributed by atoms with Crippen LogP contribution >= 0.6 is 0 Å². The molecule has 0 aliphatic rings. The maximum Gasteiger partial charge on any atom is 0.255 e. The largest absolute Gasteiger partial charge is 0.497 e. The number of rotatable bonds is 7. The molecule has 29 heavy (non-hydrogen) atoms. The van der Waals surface area contributed by atoms with Gasteiger partial charge in [0, 0.05) is 16.8 Å². The Morgan fingerprint density at radius 3 is 2.10 bits per heavy atom. The number of carbonyl (C=O) groups excluding carboxylic acids is 2. The lowest BCUT2D eigenvalue weighted by Crippen LogP contribution is -2.23. The third kappa shape index (κ3) is 5.02. The standard InChI is InChI=1S/C24H23NO4/c1-16-6-4-5-7-22(16)24(27)25-19-10-14-21(15-11-19)29-17(2)23(26)18-8-12-20(28-3)13-9-18/h4-15,17H,1-3H3,(H,25,27)/t17-/m1/s1. The van der Waals surface area contributed by atoms with E-state index in [9.17, 15) is 9.59 Å². The summed E-state index contributed by atoms with van der Waals surface area (Å²) in [7, 11) is 1.58. The molecule has 0 saturated carbocycles. The van der Waals surface area contributed by atoms with Gasteiger partial charge in [0.25, 0.3) is 5.91 Å². The topological polar surface area (TPSA) is 64.6 Å². The van der Waals surface area contributed by atoms with Gasteiger partial charge in [0.1, 0.15) is 11.5 Å². The third-order valence-corrected chi connectivity index (χ3v) is 4.56. The third-order valence-electron chi connectivity index (χ3n) is 4.56. The molecule has 1 amide bonds. The summed E-state index contributed by atoms with van der Waals surface area (Å²) in [4.78, 5) is 24.9. The highest BCUT2D eigenvalue weighted by atomic mass is 16.5. The Kier molecular flexibility index (Phi) is 6.29. The fourth-order valence-electron chi connectivity index (χ4n) is 2.89. The van der Waals surface area contributed by atoms with Crippen molar-refractivity contribution in [3.8, 4) is 11.5 Å². The number of hydrogen-bond donors (Lipinski definition) is 1. The summed E-state index contributed by atoms with van der Waals surface area (Å²) in [6.45, 7) is 3.60. The maximum absolute atomic E-state index is 12.5. The summed E-state index contributed by atoms with van der Waals surface area (Å²) in [5, 5.41) is 2.87. The zero-order valence-electron chi connectivity index (χ0n) is 16.6. The van der Waals surface area contributed by atoms with Crippen LogP contribution in [0.3, 0.4) is 0 Å². The normalized spacial score (nSPS) is 11.4. The van der Waals surface area contributed by atoms with E-state index in [2.05, 4.69) is 5.32 Å². The van der Waals surface area contributed by atoms with Crippen molar-refractivity contribution in [3.05, 3.63) is 89.5 Å². The number of Topliss-reactive ketones (excluding diaryl/α,β-unsaturated/α-hetero) is 1. The van der Waals surface area contributed by atoms with Crippen LogP contribution in [-0.4, -0.2) is 24.9 Å². The number of amides is 1. The molecular weight excluding hydrogens is 366 g/mol. The van der Waals surface area contributed by atoms with E-state index >= 15 is 0 Å². The molecule has 0 bridgehead atoms. The minimum atomic E-state index is -0.643. The number of carbonyl (C=O) groups is 2. The Morgan fingerprint density at radius 1 is 0.862 bits per heavy atom. The van der Waals surface area contributed by atoms with Crippen molar-refractivity contribution in [2.45, 2.75) is 20.0 Å². The Labute approximate surface area is 170 Å². The molecule has 3 aromatic rings. The summed E-state index contributed by atoms with van der Waals surface area (Å²) in [5.74, 6) is 0.955. The van der Waals surface area contributed by atoms with E-state index in [1.165, 1.54) is 0 Å². The van der Waals surface area contributed by atoms with Gasteiger partial charge in [-0.25, -0.2) is 0 Å². The van der Waals surface area contributed by atoms with Crippen molar-refractivity contribution in [1.82, 2.24) is 0 Å². The molecular formula is C24H23NO4. The summed E-state index contributed by atoms with van der Waals surface area (Å²) in [5.41, 5.74) is 2.75. The monoisotopic (exact) mass is 389 g/mol. The number of aryl methyl sites for hydroxylation is 1. The lowest BCUT2D eigenvalue weighted by atomic mass is 10.1. The molecule has 5 nitrogen and oxygen atoms in total. The zero-order chi connectivity index (χ0) is 20.8. The Hall–Kier alpha value is -3.60. The molecule has 3 rings (SSSR count). The zero-order valence-corrected chi connectivity index (χ0v) is 16.6. The van der Waals surface area contributed by atoms with Crippen LogP contribution < -0.4 is 14.8 Å². The van der Waals surface area contributed by atoms with Crippen LogP contribution in [0.2, 0.25) is 0 Å². The number of nitrogens with one attached hydrogen (secondary N) is 1. The van der Waals surface area contributed by atoms with Crippen molar-refractivity contribution < 1.29 is 19.1 Å². The lowest BCUT2D eigenvalue weighted by molar-refractivity contribution is 0.0818. The van der Waals surface area contributed by atoms with Crippen molar-refractivity contribution in [3.63, 3.8) is 0 Å². The van der Waals surface area contributed by atoms with E-state index in [-0.39, 0.29) is 11.7 Å². The first-order valence-corrected chi connectivity index (χ1v) is 9.30. The fraction of sp³-hybridized carbons (Fsp3) is 0.167. The van der Waals surface area contributed by atoms with Gasteiger partial charge in [-0.05, 0) is 74.0 Å². The Morgan fingerprint density at radius 2 is 1.48 bits per heavy atom. The van der Waals surface area contributed by atoms with Crippen molar-refractivity contribution in [2.24, 2.45) is 0 Å². The molecule has 0 aliphatic carbocycles. The Bertz CT molecular complexity index is 994. The molecule has 0 fully saturated rings. The van der Waals surface area contributed by atoms with Crippen LogP contribution in [-0.2, 0) is 0 Å². The molecule has 0 spiro atoms. The average molecular weight is 389 g/mol. The minimum absolute atomic E-state index is 0.121. The average Bonchev–Trinajstić information content (AvgIpc) is 2.75. The molecule has 0 aliphatic heterocycles. The quantitative estimate of drug-likeness (QED) is 0.584. The number of anilines is 1. The van der Waals surface area contributed by atoms with E-state index in [4.69, 9.17) is 9.47 Å². The predicted molar refractivity (Wildman–Crippen MR) is 113 cm³/mol. The molecule has 5 heteroatoms. The van der Waals surface area contributed by atoms with E-state index in [1.807, 2.05) is 25.1 Å². The van der Waals surface area contributed by atoms with Gasteiger partial charge in [-0.2, -0.15) is 0 Å². The first-order valence-electron chi connectivity index (χ1n) is 9.30. The van der Waals surface area contributed by atoms with Crippen LogP contribution in [0.1, 0.15) is 33.2 Å². The van der Waals surface area contributed by atoms with Gasteiger partial charge >= 0.3 is 0 Å². The van der Waals surface area contributed by atoms with Gasteiger partial charge < -0.3 is 14.8 Å². The smallest absolute Gasteiger partial charge is 0.255 e. The molecule has 3 aromatic carbocycles. The van der Waals surface area contributed by atoms with Crippen LogP contribution in [0.4, 0.5) is 5.69 Å². The summed E-state index contributed by atoms with van der Waals surface area (Å²) < 4.78 is 10.9. The van der Waals surface area contributed by atoms with Crippen LogP contribution in [0.5, 0.6) is 11.5 Å². The van der Waals surface area contributed by atoms with Gasteiger partial charge in [-0.3, -0.25) is 9.59 Å². The van der Waals surface area contributed by atoms with Crippen molar-refractivity contribution in [1.29, 1.82) is 0 Å². The number of ketones is 1. The van der Waals surface area contributed by atoms with Crippen molar-refractivity contribution >= 4 is 17.4 Å². The van der Waals surface area contributed by atoms with Crippen LogP contribution in [0, 0.1) is 6.92 Å². The number of hydrogen-bond acceptors (Lipinski definition) is 4. The highest BCUT2D eigenvalue weighted by molar-refractivity contribution is 6.05. The number of methoxy groups -OCH3 is 1. The second kappa shape index (κ2) is 9.06. The van der Waals surface area contributed by atoms with Gasteiger partial charge in [-0.15, -0.1) is 0 Å². The first-order chi connectivity index (χ1) is 14.0. The van der Waals surface area contributed by atoms with E-state index < -0.39 is 6.10 Å². The van der Waals surface area contributed by atoms with E-state index in [0.29, 0.717) is 28.3 Å². The molecule has 0 radical (unpaired) electrons. The summed E-state index contributed by atoms with van der Waals surface area (Å²) in [6, 6.07) is 21.3. The van der Waals surface area contributed by atoms with E-state index in [1.54, 1.807) is 68.6 Å². The van der Waals surface area contributed by atoms with E-state index in [0.717, 1.165) is 5.56 Å². The molecule has 1 atom stereocenters. The predicted octanol–water partition coefficient (Wildman–Crippen LogP) is 4.91. The van der Waals surface area contributed by atoms with Crippen LogP contribution in [0.15, 0.2) is 72.8 Å². The summed E-state index contributed by atoms with van der Waals surface area (Å²) in [6.07, 6.45) is -0.643. The SMILES string of the molecule is COc1ccc(C(=O)[C@@H](C)Oc2ccc(NC(=O)c3ccccc3C)cc2)cc1. The highest BCUT2D eigenvalue weighted by Crippen LogP contribution is 2.20. The molecule has 0 saturated heterocycles. The second-order valence-electron chi connectivity index (χ2n) is 6.65. The van der Waals surface area contributed by atoms with Crippen molar-refractivity contribution in [2.75, 3.05) is 12.4 Å². The molecule has 0 heterocycles. The number of benzene rings is 3. The van der Waals surface area contributed by atoms with Gasteiger partial charge in [0.05, 0.1) is 7.11 Å². The first kappa shape index (κ1) is 20.1. The molecule has 1 N–H and O–H groups in total. The summed E-state index contributed by atoms with van der Waals surface area (Å²) >= 11 is 0. The van der Waals surface area contributed by atoms with Crippen LogP contribution in [0.25, 0.3) is 0 Å². The highest BCUT2D eigenvalue weighted by Gasteiger charge is 2.17. The lowest BCUT2D eigenvalue weighted by Gasteiger charge is -2.14. The molecule has 0 aromatic heterocycles. The minimum Gasteiger partial charge on any atom is -0.497 e.